The second kappa shape index (κ2) is 7.30. The van der Waals surface area contributed by atoms with E-state index in [1.54, 1.807) is 21.8 Å². The first kappa shape index (κ1) is 18.0. The molecule has 0 spiro atoms. The number of piperidine rings is 1. The largest absolute Gasteiger partial charge is 0.478 e. The zero-order valence-corrected chi connectivity index (χ0v) is 15.5. The Balaban J connectivity index is 1.44. The van der Waals surface area contributed by atoms with E-state index >= 15 is 0 Å². The lowest BCUT2D eigenvalue weighted by Crippen LogP contribution is -2.39. The molecular formula is C20H21N5O3. The van der Waals surface area contributed by atoms with Gasteiger partial charge in [-0.15, -0.1) is 0 Å². The van der Waals surface area contributed by atoms with Gasteiger partial charge in [0.15, 0.2) is 0 Å². The van der Waals surface area contributed by atoms with E-state index in [1.165, 1.54) is 6.20 Å². The predicted molar refractivity (Wildman–Crippen MR) is 102 cm³/mol. The Bertz CT molecular complexity index is 1000. The van der Waals surface area contributed by atoms with E-state index in [0.29, 0.717) is 18.7 Å². The monoisotopic (exact) mass is 379 g/mol. The highest BCUT2D eigenvalue weighted by Crippen LogP contribution is 2.24. The molecular weight excluding hydrogens is 358 g/mol. The van der Waals surface area contributed by atoms with Crippen molar-refractivity contribution in [1.82, 2.24) is 24.5 Å². The first-order valence-electron chi connectivity index (χ1n) is 9.21. The van der Waals surface area contributed by atoms with Gasteiger partial charge in [-0.25, -0.2) is 9.48 Å². The SMILES string of the molecule is Cc1c(C(=O)N2CCC(n3cc(C(=O)O)cn3)CC2)cnn1-c1ccccc1. The van der Waals surface area contributed by atoms with Gasteiger partial charge in [0.2, 0.25) is 0 Å². The van der Waals surface area contributed by atoms with E-state index in [1.807, 2.05) is 42.2 Å². The van der Waals surface area contributed by atoms with Crippen LogP contribution in [0.3, 0.4) is 0 Å². The Labute approximate surface area is 162 Å². The van der Waals surface area contributed by atoms with Gasteiger partial charge in [0, 0.05) is 19.3 Å². The number of aromatic carboxylic acids is 1. The van der Waals surface area contributed by atoms with Crippen LogP contribution in [0.5, 0.6) is 0 Å². The molecule has 0 aliphatic carbocycles. The molecule has 0 saturated carbocycles. The number of hydrogen-bond donors (Lipinski definition) is 1. The molecule has 0 radical (unpaired) electrons. The van der Waals surface area contributed by atoms with Gasteiger partial charge in [-0.1, -0.05) is 18.2 Å². The lowest BCUT2D eigenvalue weighted by molar-refractivity contribution is 0.0687. The van der Waals surface area contributed by atoms with Crippen LogP contribution in [0.1, 0.15) is 45.3 Å². The molecule has 3 aromatic rings. The Hall–Kier alpha value is -3.42. The van der Waals surface area contributed by atoms with Gasteiger partial charge in [0.1, 0.15) is 0 Å². The van der Waals surface area contributed by atoms with Crippen LogP contribution in [0.2, 0.25) is 0 Å². The maximum absolute atomic E-state index is 13.0. The van der Waals surface area contributed by atoms with Crippen molar-refractivity contribution in [2.45, 2.75) is 25.8 Å². The van der Waals surface area contributed by atoms with Crippen LogP contribution in [-0.4, -0.2) is 54.5 Å². The van der Waals surface area contributed by atoms with Crippen LogP contribution in [0, 0.1) is 6.92 Å². The van der Waals surface area contributed by atoms with Gasteiger partial charge >= 0.3 is 5.97 Å². The molecule has 28 heavy (non-hydrogen) atoms. The molecule has 2 aromatic heterocycles. The van der Waals surface area contributed by atoms with E-state index in [2.05, 4.69) is 10.2 Å². The zero-order valence-electron chi connectivity index (χ0n) is 15.5. The molecule has 1 amide bonds. The molecule has 8 heteroatoms. The third-order valence-electron chi connectivity index (χ3n) is 5.22. The van der Waals surface area contributed by atoms with Crippen molar-refractivity contribution in [3.8, 4) is 5.69 Å². The van der Waals surface area contributed by atoms with Crippen LogP contribution in [-0.2, 0) is 0 Å². The summed E-state index contributed by atoms with van der Waals surface area (Å²) in [6.07, 6.45) is 6.01. The number of likely N-dealkylation sites (tertiary alicyclic amines) is 1. The minimum absolute atomic E-state index is 0.0233. The Morgan fingerprint density at radius 1 is 1.07 bits per heavy atom. The highest BCUT2D eigenvalue weighted by molar-refractivity contribution is 5.95. The van der Waals surface area contributed by atoms with Gasteiger partial charge in [-0.05, 0) is 31.9 Å². The smallest absolute Gasteiger partial charge is 0.338 e. The molecule has 144 valence electrons. The standard InChI is InChI=1S/C20H21N5O3/c1-14-18(12-22-25(14)17-5-3-2-4-6-17)19(26)23-9-7-16(8-10-23)24-13-15(11-21-24)20(27)28/h2-6,11-13,16H,7-10H2,1H3,(H,27,28). The molecule has 4 rings (SSSR count). The summed E-state index contributed by atoms with van der Waals surface area (Å²) in [6, 6.07) is 9.83. The third-order valence-corrected chi connectivity index (χ3v) is 5.22. The number of carboxylic acid groups (broad SMARTS) is 1. The number of carbonyl (C=O) groups is 2. The Morgan fingerprint density at radius 3 is 2.43 bits per heavy atom. The van der Waals surface area contributed by atoms with Gasteiger partial charge in [-0.2, -0.15) is 10.2 Å². The molecule has 1 aromatic carbocycles. The fourth-order valence-electron chi connectivity index (χ4n) is 3.60. The lowest BCUT2D eigenvalue weighted by Gasteiger charge is -2.32. The number of aromatic nitrogens is 4. The normalized spacial score (nSPS) is 15.0. The number of rotatable bonds is 4. The van der Waals surface area contributed by atoms with Crippen molar-refractivity contribution < 1.29 is 14.7 Å². The maximum Gasteiger partial charge on any atom is 0.338 e. The minimum atomic E-state index is -0.982. The first-order chi connectivity index (χ1) is 13.5. The summed E-state index contributed by atoms with van der Waals surface area (Å²) in [4.78, 5) is 25.8. The average Bonchev–Trinajstić information content (AvgIpc) is 3.36. The summed E-state index contributed by atoms with van der Waals surface area (Å²) >= 11 is 0. The zero-order chi connectivity index (χ0) is 19.7. The summed E-state index contributed by atoms with van der Waals surface area (Å²) in [5, 5.41) is 17.6. The molecule has 3 heterocycles. The molecule has 8 nitrogen and oxygen atoms in total. The van der Waals surface area contributed by atoms with E-state index in [-0.39, 0.29) is 17.5 Å². The summed E-state index contributed by atoms with van der Waals surface area (Å²) in [5.41, 5.74) is 2.53. The number of para-hydroxylation sites is 1. The van der Waals surface area contributed by atoms with Crippen molar-refractivity contribution in [1.29, 1.82) is 0 Å². The van der Waals surface area contributed by atoms with Crippen molar-refractivity contribution >= 4 is 11.9 Å². The molecule has 1 aliphatic heterocycles. The predicted octanol–water partition coefficient (Wildman–Crippen LogP) is 2.55. The average molecular weight is 379 g/mol. The van der Waals surface area contributed by atoms with Gasteiger partial charge < -0.3 is 10.0 Å². The Kier molecular flexibility index (Phi) is 4.68. The van der Waals surface area contributed by atoms with Crippen molar-refractivity contribution in [3.05, 3.63) is 65.7 Å². The van der Waals surface area contributed by atoms with Gasteiger partial charge in [-0.3, -0.25) is 9.48 Å². The quantitative estimate of drug-likeness (QED) is 0.752. The highest BCUT2D eigenvalue weighted by atomic mass is 16.4. The van der Waals surface area contributed by atoms with Gasteiger partial charge in [0.25, 0.3) is 5.91 Å². The number of carbonyl (C=O) groups excluding carboxylic acids is 1. The van der Waals surface area contributed by atoms with Crippen molar-refractivity contribution in [2.24, 2.45) is 0 Å². The number of hydrogen-bond acceptors (Lipinski definition) is 4. The molecule has 0 bridgehead atoms. The Morgan fingerprint density at radius 2 is 1.79 bits per heavy atom. The number of benzene rings is 1. The molecule has 1 aliphatic rings. The summed E-state index contributed by atoms with van der Waals surface area (Å²) < 4.78 is 3.47. The molecule has 1 fully saturated rings. The van der Waals surface area contributed by atoms with E-state index in [0.717, 1.165) is 24.2 Å². The molecule has 0 atom stereocenters. The second-order valence-corrected chi connectivity index (χ2v) is 6.93. The summed E-state index contributed by atoms with van der Waals surface area (Å²) in [5.74, 6) is -1.01. The van der Waals surface area contributed by atoms with Crippen LogP contribution >= 0.6 is 0 Å². The van der Waals surface area contributed by atoms with Crippen molar-refractivity contribution in [3.63, 3.8) is 0 Å². The second-order valence-electron chi connectivity index (χ2n) is 6.93. The highest BCUT2D eigenvalue weighted by Gasteiger charge is 2.27. The van der Waals surface area contributed by atoms with Crippen LogP contribution < -0.4 is 0 Å². The van der Waals surface area contributed by atoms with Crippen molar-refractivity contribution in [2.75, 3.05) is 13.1 Å². The third kappa shape index (κ3) is 3.28. The van der Waals surface area contributed by atoms with Crippen LogP contribution in [0.25, 0.3) is 5.69 Å². The maximum atomic E-state index is 13.0. The number of nitrogens with zero attached hydrogens (tertiary/aromatic N) is 5. The fraction of sp³-hybridized carbons (Fsp3) is 0.300. The topological polar surface area (TPSA) is 93.2 Å². The van der Waals surface area contributed by atoms with E-state index in [9.17, 15) is 9.59 Å². The van der Waals surface area contributed by atoms with E-state index < -0.39 is 5.97 Å². The molecule has 0 unspecified atom stereocenters. The fourth-order valence-corrected chi connectivity index (χ4v) is 3.60. The number of amides is 1. The number of carboxylic acids is 1. The summed E-state index contributed by atoms with van der Waals surface area (Å²) in [6.45, 7) is 3.10. The molecule has 1 saturated heterocycles. The van der Waals surface area contributed by atoms with Gasteiger partial charge in [0.05, 0.1) is 40.9 Å². The molecule has 1 N–H and O–H groups in total. The first-order valence-corrected chi connectivity index (χ1v) is 9.21. The lowest BCUT2D eigenvalue weighted by atomic mass is 10.0. The van der Waals surface area contributed by atoms with Crippen LogP contribution in [0.4, 0.5) is 0 Å². The van der Waals surface area contributed by atoms with E-state index in [4.69, 9.17) is 5.11 Å². The minimum Gasteiger partial charge on any atom is -0.478 e. The summed E-state index contributed by atoms with van der Waals surface area (Å²) in [7, 11) is 0. The van der Waals surface area contributed by atoms with Crippen LogP contribution in [0.15, 0.2) is 48.9 Å².